The average molecular weight is 489 g/mol. The van der Waals surface area contributed by atoms with Crippen LogP contribution in [0.3, 0.4) is 0 Å². The lowest BCUT2D eigenvalue weighted by Gasteiger charge is -2.32. The molecular weight excluding hydrogens is 469 g/mol. The molecule has 30 heavy (non-hydrogen) atoms. The van der Waals surface area contributed by atoms with Crippen molar-refractivity contribution in [3.63, 3.8) is 0 Å². The second-order valence-corrected chi connectivity index (χ2v) is 7.12. The third kappa shape index (κ3) is 5.02. The van der Waals surface area contributed by atoms with Gasteiger partial charge in [0.05, 0.1) is 6.61 Å². The first-order valence-corrected chi connectivity index (χ1v) is 9.73. The molecule has 2 aromatic rings. The molecule has 9 heteroatoms. The molecule has 5 nitrogen and oxygen atoms in total. The quantitative estimate of drug-likeness (QED) is 0.502. The molecule has 0 fully saturated rings. The van der Waals surface area contributed by atoms with E-state index in [1.807, 2.05) is 0 Å². The fourth-order valence-electron chi connectivity index (χ4n) is 2.89. The molecule has 162 valence electrons. The summed E-state index contributed by atoms with van der Waals surface area (Å²) in [5.41, 5.74) is -3.33. The van der Waals surface area contributed by atoms with E-state index >= 15 is 0 Å². The van der Waals surface area contributed by atoms with Gasteiger partial charge in [0.25, 0.3) is 5.60 Å². The molecule has 0 amide bonds. The SMILES string of the molecule is CCOC(=O)[C@H](COC(=O)[C@](OC)(c1ccccc1)C(F)(F)F)c1ccc(Br)cc1. The van der Waals surface area contributed by atoms with E-state index in [1.165, 1.54) is 18.2 Å². The van der Waals surface area contributed by atoms with Gasteiger partial charge in [-0.15, -0.1) is 0 Å². The minimum atomic E-state index is -5.10. The number of carbonyl (C=O) groups excluding carboxylic acids is 2. The van der Waals surface area contributed by atoms with Crippen LogP contribution in [0.1, 0.15) is 24.0 Å². The molecule has 2 aromatic carbocycles. The summed E-state index contributed by atoms with van der Waals surface area (Å²) in [6.07, 6.45) is -5.10. The molecule has 0 aliphatic rings. The monoisotopic (exact) mass is 488 g/mol. The Bertz CT molecular complexity index is 855. The second kappa shape index (κ2) is 10.1. The molecule has 0 aromatic heterocycles. The fourth-order valence-corrected chi connectivity index (χ4v) is 3.15. The van der Waals surface area contributed by atoms with Gasteiger partial charge >= 0.3 is 18.1 Å². The molecular formula is C21H20BrF3O5. The van der Waals surface area contributed by atoms with Crippen LogP contribution in [0.5, 0.6) is 0 Å². The van der Waals surface area contributed by atoms with Crippen LogP contribution >= 0.6 is 15.9 Å². The van der Waals surface area contributed by atoms with Crippen LogP contribution in [-0.2, 0) is 29.4 Å². The number of hydrogen-bond acceptors (Lipinski definition) is 5. The fraction of sp³-hybridized carbons (Fsp3) is 0.333. The average Bonchev–Trinajstić information content (AvgIpc) is 2.70. The number of hydrogen-bond donors (Lipinski definition) is 0. The molecule has 0 spiro atoms. The van der Waals surface area contributed by atoms with Crippen LogP contribution in [0.25, 0.3) is 0 Å². The van der Waals surface area contributed by atoms with Crippen molar-refractivity contribution < 1.29 is 37.0 Å². The van der Waals surface area contributed by atoms with Crippen molar-refractivity contribution in [1.29, 1.82) is 0 Å². The zero-order chi connectivity index (χ0) is 22.4. The first kappa shape index (κ1) is 23.9. The van der Waals surface area contributed by atoms with Gasteiger partial charge in [-0.2, -0.15) is 13.2 Å². The Kier molecular flexibility index (Phi) is 8.03. The molecule has 0 saturated carbocycles. The summed E-state index contributed by atoms with van der Waals surface area (Å²) in [7, 11) is 0.777. The normalized spacial score (nSPS) is 14.5. The zero-order valence-corrected chi connectivity index (χ0v) is 17.8. The predicted molar refractivity (Wildman–Crippen MR) is 106 cm³/mol. The first-order valence-electron chi connectivity index (χ1n) is 8.94. The summed E-state index contributed by atoms with van der Waals surface area (Å²) >= 11 is 3.26. The predicted octanol–water partition coefficient (Wildman–Crippen LogP) is 4.74. The van der Waals surface area contributed by atoms with Crippen molar-refractivity contribution in [3.05, 3.63) is 70.2 Å². The Morgan fingerprint density at radius 1 is 1.00 bits per heavy atom. The van der Waals surface area contributed by atoms with Crippen molar-refractivity contribution in [2.75, 3.05) is 20.3 Å². The lowest BCUT2D eigenvalue weighted by molar-refractivity contribution is -0.276. The third-order valence-electron chi connectivity index (χ3n) is 4.40. The van der Waals surface area contributed by atoms with Gasteiger partial charge in [-0.05, 0) is 24.6 Å². The van der Waals surface area contributed by atoms with Crippen molar-refractivity contribution in [2.24, 2.45) is 0 Å². The summed E-state index contributed by atoms with van der Waals surface area (Å²) in [5.74, 6) is -3.49. The van der Waals surface area contributed by atoms with E-state index in [2.05, 4.69) is 15.9 Å². The largest absolute Gasteiger partial charge is 0.465 e. The van der Waals surface area contributed by atoms with E-state index in [9.17, 15) is 22.8 Å². The van der Waals surface area contributed by atoms with Gasteiger partial charge in [-0.3, -0.25) is 4.79 Å². The van der Waals surface area contributed by atoms with Crippen molar-refractivity contribution in [1.82, 2.24) is 0 Å². The van der Waals surface area contributed by atoms with Gasteiger partial charge in [-0.25, -0.2) is 4.79 Å². The molecule has 0 heterocycles. The maximum atomic E-state index is 14.0. The van der Waals surface area contributed by atoms with E-state index in [0.717, 1.165) is 23.7 Å². The molecule has 2 rings (SSSR count). The molecule has 0 aliphatic heterocycles. The molecule has 0 bridgehead atoms. The van der Waals surface area contributed by atoms with Crippen LogP contribution in [0.2, 0.25) is 0 Å². The number of methoxy groups -OCH3 is 1. The summed E-state index contributed by atoms with van der Waals surface area (Å²) in [5, 5.41) is 0. The van der Waals surface area contributed by atoms with Crippen LogP contribution in [0, 0.1) is 0 Å². The summed E-state index contributed by atoms with van der Waals surface area (Å²) in [6.45, 7) is 1.01. The van der Waals surface area contributed by atoms with Gasteiger partial charge in [0.15, 0.2) is 0 Å². The molecule has 0 radical (unpaired) electrons. The maximum Gasteiger partial charge on any atom is 0.432 e. The lowest BCUT2D eigenvalue weighted by Crippen LogP contribution is -2.52. The highest BCUT2D eigenvalue weighted by molar-refractivity contribution is 9.10. The highest BCUT2D eigenvalue weighted by atomic mass is 79.9. The number of esters is 2. The van der Waals surface area contributed by atoms with Crippen molar-refractivity contribution in [2.45, 2.75) is 24.6 Å². The topological polar surface area (TPSA) is 61.8 Å². The van der Waals surface area contributed by atoms with Gasteiger partial charge in [0.2, 0.25) is 0 Å². The highest BCUT2D eigenvalue weighted by Crippen LogP contribution is 2.43. The number of alkyl halides is 3. The van der Waals surface area contributed by atoms with Crippen LogP contribution in [0.15, 0.2) is 59.1 Å². The molecule has 0 aliphatic carbocycles. The Labute approximate surface area is 180 Å². The molecule has 2 atom stereocenters. The van der Waals surface area contributed by atoms with E-state index in [4.69, 9.17) is 14.2 Å². The van der Waals surface area contributed by atoms with Gasteiger partial charge in [0.1, 0.15) is 12.5 Å². The van der Waals surface area contributed by atoms with Gasteiger partial charge < -0.3 is 14.2 Å². The van der Waals surface area contributed by atoms with Crippen LogP contribution in [0.4, 0.5) is 13.2 Å². The Morgan fingerprint density at radius 3 is 2.10 bits per heavy atom. The van der Waals surface area contributed by atoms with Crippen molar-refractivity contribution >= 4 is 27.9 Å². The first-order chi connectivity index (χ1) is 14.2. The van der Waals surface area contributed by atoms with Crippen LogP contribution in [-0.4, -0.2) is 38.4 Å². The van der Waals surface area contributed by atoms with E-state index < -0.39 is 41.8 Å². The highest BCUT2D eigenvalue weighted by Gasteiger charge is 2.64. The standard InChI is InChI=1S/C21H20BrF3O5/c1-3-29-18(26)17(14-9-11-16(22)12-10-14)13-30-19(27)20(28-2,21(23,24)25)15-7-5-4-6-8-15/h4-12,17H,3,13H2,1-2H3/t17-,20-/m1/s1. The number of halogens is 4. The number of ether oxygens (including phenoxy) is 3. The Balaban J connectivity index is 2.35. The molecule has 0 unspecified atom stereocenters. The van der Waals surface area contributed by atoms with Gasteiger partial charge in [0, 0.05) is 17.1 Å². The second-order valence-electron chi connectivity index (χ2n) is 6.20. The molecule has 0 saturated heterocycles. The number of rotatable bonds is 8. The van der Waals surface area contributed by atoms with Crippen LogP contribution < -0.4 is 0 Å². The minimum Gasteiger partial charge on any atom is -0.465 e. The third-order valence-corrected chi connectivity index (χ3v) is 4.93. The minimum absolute atomic E-state index is 0.0639. The summed E-state index contributed by atoms with van der Waals surface area (Å²) < 4.78 is 57.3. The zero-order valence-electron chi connectivity index (χ0n) is 16.2. The van der Waals surface area contributed by atoms with E-state index in [-0.39, 0.29) is 6.61 Å². The van der Waals surface area contributed by atoms with Crippen molar-refractivity contribution in [3.8, 4) is 0 Å². The molecule has 0 N–H and O–H groups in total. The van der Waals surface area contributed by atoms with E-state index in [1.54, 1.807) is 31.2 Å². The number of benzene rings is 2. The maximum absolute atomic E-state index is 14.0. The number of carbonyl (C=O) groups is 2. The van der Waals surface area contributed by atoms with E-state index in [0.29, 0.717) is 5.56 Å². The lowest BCUT2D eigenvalue weighted by atomic mass is 9.92. The summed E-state index contributed by atoms with van der Waals surface area (Å²) in [4.78, 5) is 25.0. The summed E-state index contributed by atoms with van der Waals surface area (Å²) in [6, 6.07) is 12.9. The Hall–Kier alpha value is -2.39. The smallest absolute Gasteiger partial charge is 0.432 e. The Morgan fingerprint density at radius 2 is 1.60 bits per heavy atom. The van der Waals surface area contributed by atoms with Gasteiger partial charge in [-0.1, -0.05) is 58.4 Å².